The van der Waals surface area contributed by atoms with E-state index in [2.05, 4.69) is 5.32 Å². The van der Waals surface area contributed by atoms with Crippen LogP contribution < -0.4 is 11.1 Å². The van der Waals surface area contributed by atoms with Crippen molar-refractivity contribution in [1.82, 2.24) is 9.62 Å². The summed E-state index contributed by atoms with van der Waals surface area (Å²) in [6.45, 7) is 5.11. The Morgan fingerprint density at radius 1 is 1.19 bits per heavy atom. The molecule has 1 saturated heterocycles. The normalized spacial score (nSPS) is 20.7. The van der Waals surface area contributed by atoms with Crippen molar-refractivity contribution in [1.29, 1.82) is 0 Å². The lowest BCUT2D eigenvalue weighted by Gasteiger charge is -2.31. The second-order valence-electron chi connectivity index (χ2n) is 7.61. The Kier molecular flexibility index (Phi) is 5.69. The number of rotatable bonds is 6. The molecule has 7 heteroatoms. The summed E-state index contributed by atoms with van der Waals surface area (Å²) in [6, 6.07) is 5.30. The Balaban J connectivity index is 1.60. The van der Waals surface area contributed by atoms with E-state index in [4.69, 9.17) is 5.73 Å². The van der Waals surface area contributed by atoms with Crippen molar-refractivity contribution in [2.24, 2.45) is 17.6 Å². The predicted molar refractivity (Wildman–Crippen MR) is 101 cm³/mol. The Labute approximate surface area is 156 Å². The Hall–Kier alpha value is -1.44. The van der Waals surface area contributed by atoms with Crippen LogP contribution in [0.25, 0.3) is 0 Å². The van der Waals surface area contributed by atoms with Crippen molar-refractivity contribution in [2.45, 2.75) is 50.5 Å². The molecular weight excluding hydrogens is 350 g/mol. The van der Waals surface area contributed by atoms with Crippen molar-refractivity contribution in [3.63, 3.8) is 0 Å². The van der Waals surface area contributed by atoms with E-state index >= 15 is 0 Å². The summed E-state index contributed by atoms with van der Waals surface area (Å²) in [7, 11) is -3.50. The van der Waals surface area contributed by atoms with Crippen LogP contribution in [0.15, 0.2) is 23.1 Å². The topological polar surface area (TPSA) is 92.5 Å². The molecule has 1 aliphatic carbocycles. The molecule has 1 saturated carbocycles. The Bertz CT molecular complexity index is 766. The van der Waals surface area contributed by atoms with E-state index in [1.54, 1.807) is 12.1 Å². The molecule has 3 N–H and O–H groups in total. The summed E-state index contributed by atoms with van der Waals surface area (Å²) in [5.41, 5.74) is 7.80. The first-order valence-electron chi connectivity index (χ1n) is 9.40. The molecule has 2 fully saturated rings. The number of nitrogens with two attached hydrogens (primary N) is 1. The molecule has 0 radical (unpaired) electrons. The van der Waals surface area contributed by atoms with Crippen LogP contribution in [0.2, 0.25) is 0 Å². The lowest BCUT2D eigenvalue weighted by molar-refractivity contribution is -0.126. The molecule has 144 valence electrons. The van der Waals surface area contributed by atoms with E-state index in [0.717, 1.165) is 24.0 Å². The highest BCUT2D eigenvalue weighted by Crippen LogP contribution is 2.32. The van der Waals surface area contributed by atoms with E-state index in [-0.39, 0.29) is 17.9 Å². The van der Waals surface area contributed by atoms with Crippen LogP contribution in [0.3, 0.4) is 0 Å². The maximum Gasteiger partial charge on any atom is 0.243 e. The van der Waals surface area contributed by atoms with Crippen LogP contribution in [-0.2, 0) is 14.8 Å². The van der Waals surface area contributed by atoms with Crippen molar-refractivity contribution in [3.05, 3.63) is 29.3 Å². The van der Waals surface area contributed by atoms with E-state index in [1.165, 1.54) is 4.31 Å². The lowest BCUT2D eigenvalue weighted by Crippen LogP contribution is -2.47. The van der Waals surface area contributed by atoms with Crippen LogP contribution in [-0.4, -0.2) is 44.3 Å². The third-order valence-corrected chi connectivity index (χ3v) is 7.61. The van der Waals surface area contributed by atoms with Crippen molar-refractivity contribution in [2.75, 3.05) is 19.6 Å². The average Bonchev–Trinajstić information content (AvgIpc) is 3.46. The van der Waals surface area contributed by atoms with Crippen LogP contribution >= 0.6 is 0 Å². The molecule has 26 heavy (non-hydrogen) atoms. The Morgan fingerprint density at radius 3 is 2.38 bits per heavy atom. The fourth-order valence-corrected chi connectivity index (χ4v) is 5.11. The highest BCUT2D eigenvalue weighted by atomic mass is 32.2. The number of nitrogens with zero attached hydrogens (tertiary/aromatic N) is 1. The molecule has 0 spiro atoms. The number of sulfonamides is 1. The maximum atomic E-state index is 12.9. The van der Waals surface area contributed by atoms with E-state index in [1.807, 2.05) is 19.9 Å². The number of benzene rings is 1. The van der Waals surface area contributed by atoms with Gasteiger partial charge in [0.25, 0.3) is 0 Å². The van der Waals surface area contributed by atoms with Gasteiger partial charge in [0, 0.05) is 31.6 Å². The molecule has 2 aliphatic rings. The zero-order chi connectivity index (χ0) is 18.9. The first kappa shape index (κ1) is 19.3. The maximum absolute atomic E-state index is 12.9. The quantitative estimate of drug-likeness (QED) is 0.784. The van der Waals surface area contributed by atoms with Crippen molar-refractivity contribution in [3.8, 4) is 0 Å². The molecule has 0 bridgehead atoms. The summed E-state index contributed by atoms with van der Waals surface area (Å²) in [5.74, 6) is 0.416. The highest BCUT2D eigenvalue weighted by Gasteiger charge is 2.35. The predicted octanol–water partition coefficient (Wildman–Crippen LogP) is 1.56. The summed E-state index contributed by atoms with van der Waals surface area (Å²) < 4.78 is 27.2. The van der Waals surface area contributed by atoms with Gasteiger partial charge in [0.15, 0.2) is 0 Å². The second kappa shape index (κ2) is 7.66. The molecule has 1 amide bonds. The lowest BCUT2D eigenvalue weighted by atomic mass is 9.96. The van der Waals surface area contributed by atoms with E-state index in [0.29, 0.717) is 43.3 Å². The molecule has 0 aromatic heterocycles. The van der Waals surface area contributed by atoms with Crippen LogP contribution in [0, 0.1) is 25.7 Å². The number of carbonyl (C=O) groups is 1. The average molecular weight is 380 g/mol. The van der Waals surface area contributed by atoms with Crippen LogP contribution in [0.4, 0.5) is 0 Å². The third-order valence-electron chi connectivity index (χ3n) is 5.71. The third kappa shape index (κ3) is 4.10. The highest BCUT2D eigenvalue weighted by molar-refractivity contribution is 7.89. The number of aryl methyl sites for hydroxylation is 2. The van der Waals surface area contributed by atoms with Gasteiger partial charge in [-0.25, -0.2) is 8.42 Å². The van der Waals surface area contributed by atoms with E-state index in [9.17, 15) is 13.2 Å². The SMILES string of the molecule is Cc1ccc(S(=O)(=O)N2CCC(C(=O)NC(CN)C3CC3)CC2)cc1C. The minimum Gasteiger partial charge on any atom is -0.352 e. The van der Waals surface area contributed by atoms with Crippen molar-refractivity contribution >= 4 is 15.9 Å². The van der Waals surface area contributed by atoms with Gasteiger partial charge < -0.3 is 11.1 Å². The fraction of sp³-hybridized carbons (Fsp3) is 0.632. The minimum absolute atomic E-state index is 0.0237. The van der Waals surface area contributed by atoms with Crippen LogP contribution in [0.1, 0.15) is 36.8 Å². The summed E-state index contributed by atoms with van der Waals surface area (Å²) in [6.07, 6.45) is 3.37. The van der Waals surface area contributed by atoms with Gasteiger partial charge in [0.05, 0.1) is 4.90 Å². The standard InChI is InChI=1S/C19H29N3O3S/c1-13-3-6-17(11-14(13)2)26(24,25)22-9-7-16(8-10-22)19(23)21-18(12-20)15-4-5-15/h3,6,11,15-16,18H,4-5,7-10,12,20H2,1-2H3,(H,21,23). The molecule has 1 aromatic carbocycles. The second-order valence-corrected chi connectivity index (χ2v) is 9.55. The number of hydrogen-bond acceptors (Lipinski definition) is 4. The smallest absolute Gasteiger partial charge is 0.243 e. The van der Waals surface area contributed by atoms with Crippen molar-refractivity contribution < 1.29 is 13.2 Å². The molecule has 1 heterocycles. The first-order valence-corrected chi connectivity index (χ1v) is 10.8. The minimum atomic E-state index is -3.50. The number of hydrogen-bond donors (Lipinski definition) is 2. The number of carbonyl (C=O) groups excluding carboxylic acids is 1. The fourth-order valence-electron chi connectivity index (χ4n) is 3.55. The molecule has 1 aliphatic heterocycles. The van der Waals surface area contributed by atoms with Gasteiger partial charge >= 0.3 is 0 Å². The van der Waals surface area contributed by atoms with Gasteiger partial charge in [-0.3, -0.25) is 4.79 Å². The largest absolute Gasteiger partial charge is 0.352 e. The van der Waals surface area contributed by atoms with E-state index < -0.39 is 10.0 Å². The van der Waals surface area contributed by atoms with Gasteiger partial charge in [-0.05, 0) is 68.7 Å². The molecule has 6 nitrogen and oxygen atoms in total. The van der Waals surface area contributed by atoms with Gasteiger partial charge in [-0.15, -0.1) is 0 Å². The summed E-state index contributed by atoms with van der Waals surface area (Å²) in [4.78, 5) is 12.8. The number of piperidine rings is 1. The molecule has 1 aromatic rings. The summed E-state index contributed by atoms with van der Waals surface area (Å²) in [5, 5.41) is 3.07. The summed E-state index contributed by atoms with van der Waals surface area (Å²) >= 11 is 0. The molecule has 3 rings (SSSR count). The number of nitrogens with one attached hydrogen (secondary N) is 1. The van der Waals surface area contributed by atoms with Gasteiger partial charge in [0.1, 0.15) is 0 Å². The first-order chi connectivity index (χ1) is 12.3. The monoisotopic (exact) mass is 379 g/mol. The Morgan fingerprint density at radius 2 is 1.85 bits per heavy atom. The number of amides is 1. The van der Waals surface area contributed by atoms with Crippen LogP contribution in [0.5, 0.6) is 0 Å². The zero-order valence-corrected chi connectivity index (χ0v) is 16.4. The molecule has 1 unspecified atom stereocenters. The molecule has 1 atom stereocenters. The van der Waals surface area contributed by atoms with Gasteiger partial charge in [-0.2, -0.15) is 4.31 Å². The molecular formula is C19H29N3O3S. The van der Waals surface area contributed by atoms with Gasteiger partial charge in [0.2, 0.25) is 15.9 Å². The zero-order valence-electron chi connectivity index (χ0n) is 15.6. The van der Waals surface area contributed by atoms with Gasteiger partial charge in [-0.1, -0.05) is 6.07 Å².